The smallest absolute Gasteiger partial charge is 0.103 e. The zero-order chi connectivity index (χ0) is 15.9. The van der Waals surface area contributed by atoms with E-state index in [0.29, 0.717) is 16.9 Å². The van der Waals surface area contributed by atoms with Crippen LogP contribution in [-0.2, 0) is 4.74 Å². The van der Waals surface area contributed by atoms with E-state index in [9.17, 15) is 5.11 Å². The molecule has 0 aromatic rings. The number of aliphatic hydroxyl groups excluding tert-OH is 1. The van der Waals surface area contributed by atoms with Crippen LogP contribution < -0.4 is 0 Å². The molecular weight excluding hydrogens is 284 g/mol. The Morgan fingerprint density at radius 2 is 2.09 bits per heavy atom. The summed E-state index contributed by atoms with van der Waals surface area (Å²) >= 11 is 0. The lowest BCUT2D eigenvalue weighted by Gasteiger charge is -2.58. The van der Waals surface area contributed by atoms with Crippen LogP contribution in [0.3, 0.4) is 0 Å². The third-order valence-electron chi connectivity index (χ3n) is 9.14. The third-order valence-corrected chi connectivity index (χ3v) is 9.14. The molecule has 2 heteroatoms. The van der Waals surface area contributed by atoms with Crippen LogP contribution in [0.1, 0.15) is 71.6 Å². The molecule has 1 aliphatic heterocycles. The molecule has 1 heterocycles. The van der Waals surface area contributed by atoms with E-state index in [0.717, 1.165) is 24.2 Å². The van der Waals surface area contributed by atoms with Crippen LogP contribution in [0, 0.1) is 28.6 Å². The summed E-state index contributed by atoms with van der Waals surface area (Å²) in [6, 6.07) is 0. The van der Waals surface area contributed by atoms with Gasteiger partial charge in [-0.1, -0.05) is 31.9 Å². The predicted molar refractivity (Wildman–Crippen MR) is 91.0 cm³/mol. The molecule has 4 fully saturated rings. The second kappa shape index (κ2) is 4.64. The van der Waals surface area contributed by atoms with Crippen molar-refractivity contribution < 1.29 is 9.84 Å². The van der Waals surface area contributed by atoms with Crippen molar-refractivity contribution in [1.29, 1.82) is 0 Å². The lowest BCUT2D eigenvalue weighted by Crippen LogP contribution is -2.52. The summed E-state index contributed by atoms with van der Waals surface area (Å²) < 4.78 is 6.19. The average Bonchev–Trinajstić information content (AvgIpc) is 3.18. The van der Waals surface area contributed by atoms with Crippen molar-refractivity contribution in [3.63, 3.8) is 0 Å². The zero-order valence-electron chi connectivity index (χ0n) is 14.8. The van der Waals surface area contributed by atoms with Gasteiger partial charge in [-0.25, -0.2) is 0 Å². The van der Waals surface area contributed by atoms with Gasteiger partial charge in [-0.05, 0) is 68.1 Å². The molecule has 5 aliphatic rings. The van der Waals surface area contributed by atoms with Gasteiger partial charge in [0.1, 0.15) is 5.60 Å². The van der Waals surface area contributed by atoms with Crippen LogP contribution in [0.25, 0.3) is 0 Å². The predicted octanol–water partition coefficient (Wildman–Crippen LogP) is 4.47. The van der Waals surface area contributed by atoms with Crippen molar-refractivity contribution in [1.82, 2.24) is 0 Å². The maximum atomic E-state index is 9.56. The Morgan fingerprint density at radius 3 is 2.91 bits per heavy atom. The normalized spacial score (nSPS) is 56.9. The van der Waals surface area contributed by atoms with Gasteiger partial charge in [0.15, 0.2) is 0 Å². The standard InChI is InChI=1S/C21H32O2/c1-19-9-4-3-5-14(19)6-7-15-16(19)8-10-20(2)17(15)13-18-21(20,23-18)11-12-22/h6,15-18,22H,3-5,7-13H2,1-2H3/t15-,16+,17+,18?,19+,20+,21-/m1/s1. The first-order valence-electron chi connectivity index (χ1n) is 10.0. The van der Waals surface area contributed by atoms with E-state index in [1.54, 1.807) is 5.57 Å². The number of fused-ring (bicyclic) bond motifs is 7. The molecule has 7 atom stereocenters. The Bertz CT molecular complexity index is 554. The summed E-state index contributed by atoms with van der Waals surface area (Å²) in [5, 5.41) is 9.56. The number of allylic oxidation sites excluding steroid dienone is 2. The fourth-order valence-electron chi connectivity index (χ4n) is 7.84. The van der Waals surface area contributed by atoms with E-state index in [1.165, 1.54) is 51.4 Å². The molecule has 0 bridgehead atoms. The molecule has 4 aliphatic carbocycles. The molecular formula is C21H32O2. The van der Waals surface area contributed by atoms with Crippen molar-refractivity contribution in [2.45, 2.75) is 83.3 Å². The largest absolute Gasteiger partial charge is 0.396 e. The van der Waals surface area contributed by atoms with Crippen molar-refractivity contribution in [2.24, 2.45) is 28.6 Å². The van der Waals surface area contributed by atoms with Gasteiger partial charge in [0.2, 0.25) is 0 Å². The minimum absolute atomic E-state index is 0.0366. The quantitative estimate of drug-likeness (QED) is 0.602. The maximum Gasteiger partial charge on any atom is 0.103 e. The molecule has 23 heavy (non-hydrogen) atoms. The number of hydrogen-bond acceptors (Lipinski definition) is 2. The van der Waals surface area contributed by atoms with Crippen LogP contribution in [0.4, 0.5) is 0 Å². The molecule has 1 unspecified atom stereocenters. The van der Waals surface area contributed by atoms with Gasteiger partial charge < -0.3 is 9.84 Å². The highest BCUT2D eigenvalue weighted by molar-refractivity contribution is 5.29. The first kappa shape index (κ1) is 15.0. The molecule has 0 aromatic carbocycles. The van der Waals surface area contributed by atoms with Gasteiger partial charge in [-0.3, -0.25) is 0 Å². The highest BCUT2D eigenvalue weighted by Gasteiger charge is 2.76. The maximum absolute atomic E-state index is 9.56. The molecule has 128 valence electrons. The van der Waals surface area contributed by atoms with E-state index < -0.39 is 0 Å². The van der Waals surface area contributed by atoms with Crippen molar-refractivity contribution in [2.75, 3.05) is 6.61 Å². The lowest BCUT2D eigenvalue weighted by molar-refractivity contribution is -0.0822. The van der Waals surface area contributed by atoms with Crippen LogP contribution in [0.2, 0.25) is 0 Å². The molecule has 0 radical (unpaired) electrons. The molecule has 1 saturated heterocycles. The van der Waals surface area contributed by atoms with Crippen LogP contribution in [-0.4, -0.2) is 23.4 Å². The molecule has 0 spiro atoms. The molecule has 0 amide bonds. The topological polar surface area (TPSA) is 32.8 Å². The summed E-state index contributed by atoms with van der Waals surface area (Å²) in [7, 11) is 0. The Hall–Kier alpha value is -0.340. The lowest BCUT2D eigenvalue weighted by atomic mass is 9.47. The van der Waals surface area contributed by atoms with Gasteiger partial charge in [-0.15, -0.1) is 0 Å². The Kier molecular flexibility index (Phi) is 3.01. The number of epoxide rings is 1. The van der Waals surface area contributed by atoms with Crippen LogP contribution in [0.15, 0.2) is 11.6 Å². The van der Waals surface area contributed by atoms with Crippen molar-refractivity contribution in [3.8, 4) is 0 Å². The highest BCUT2D eigenvalue weighted by atomic mass is 16.6. The van der Waals surface area contributed by atoms with E-state index in [-0.39, 0.29) is 12.2 Å². The zero-order valence-corrected chi connectivity index (χ0v) is 14.8. The van der Waals surface area contributed by atoms with Gasteiger partial charge in [0, 0.05) is 18.4 Å². The first-order valence-corrected chi connectivity index (χ1v) is 10.0. The van der Waals surface area contributed by atoms with E-state index in [2.05, 4.69) is 19.9 Å². The average molecular weight is 316 g/mol. The molecule has 3 saturated carbocycles. The fourth-order valence-corrected chi connectivity index (χ4v) is 7.84. The van der Waals surface area contributed by atoms with Crippen LogP contribution >= 0.6 is 0 Å². The van der Waals surface area contributed by atoms with E-state index >= 15 is 0 Å². The first-order chi connectivity index (χ1) is 11.1. The number of rotatable bonds is 2. The van der Waals surface area contributed by atoms with Gasteiger partial charge in [0.05, 0.1) is 6.10 Å². The number of ether oxygens (including phenoxy) is 1. The van der Waals surface area contributed by atoms with Crippen LogP contribution in [0.5, 0.6) is 0 Å². The minimum atomic E-state index is 0.0366. The Morgan fingerprint density at radius 1 is 1.22 bits per heavy atom. The summed E-state index contributed by atoms with van der Waals surface area (Å²) in [5.74, 6) is 2.60. The second-order valence-corrected chi connectivity index (χ2v) is 9.63. The minimum Gasteiger partial charge on any atom is -0.396 e. The monoisotopic (exact) mass is 316 g/mol. The summed E-state index contributed by atoms with van der Waals surface area (Å²) in [4.78, 5) is 0. The SMILES string of the molecule is C[C@]12CCCCC1=CC[C@@H]1[C@@H]2CC[C@@]2(C)[C@H]1CC1O[C@]12CCO. The molecule has 1 N–H and O–H groups in total. The summed E-state index contributed by atoms with van der Waals surface area (Å²) in [6.07, 6.45) is 14.9. The molecule has 2 nitrogen and oxygen atoms in total. The second-order valence-electron chi connectivity index (χ2n) is 9.63. The van der Waals surface area contributed by atoms with Crippen molar-refractivity contribution in [3.05, 3.63) is 11.6 Å². The van der Waals surface area contributed by atoms with Crippen molar-refractivity contribution >= 4 is 0 Å². The Balaban J connectivity index is 1.49. The molecule has 0 aromatic heterocycles. The van der Waals surface area contributed by atoms with Gasteiger partial charge in [-0.2, -0.15) is 0 Å². The summed E-state index contributed by atoms with van der Waals surface area (Å²) in [5.41, 5.74) is 2.66. The number of hydrogen-bond donors (Lipinski definition) is 1. The number of aliphatic hydroxyl groups is 1. The Labute approximate surface area is 140 Å². The highest BCUT2D eigenvalue weighted by Crippen LogP contribution is 2.73. The van der Waals surface area contributed by atoms with E-state index in [4.69, 9.17) is 4.74 Å². The molecule has 5 rings (SSSR count). The summed E-state index contributed by atoms with van der Waals surface area (Å²) in [6.45, 7) is 5.38. The van der Waals surface area contributed by atoms with Gasteiger partial charge >= 0.3 is 0 Å². The fraction of sp³-hybridized carbons (Fsp3) is 0.905. The van der Waals surface area contributed by atoms with Gasteiger partial charge in [0.25, 0.3) is 0 Å². The van der Waals surface area contributed by atoms with E-state index in [1.807, 2.05) is 0 Å². The third kappa shape index (κ3) is 1.68.